The molecule has 0 fully saturated rings. The third-order valence-electron chi connectivity index (χ3n) is 5.62. The summed E-state index contributed by atoms with van der Waals surface area (Å²) in [5.74, 6) is 0.678. The first kappa shape index (κ1) is 25.0. The average Bonchev–Trinajstić information content (AvgIpc) is 3.07. The largest absolute Gasteiger partial charge is 0.504 e. The van der Waals surface area contributed by atoms with E-state index in [9.17, 15) is 14.7 Å². The predicted molar refractivity (Wildman–Crippen MR) is 133 cm³/mol. The van der Waals surface area contributed by atoms with Crippen LogP contribution in [0.2, 0.25) is 0 Å². The molecule has 0 unspecified atom stereocenters. The van der Waals surface area contributed by atoms with E-state index >= 15 is 0 Å². The van der Waals surface area contributed by atoms with Crippen molar-refractivity contribution in [2.45, 2.75) is 46.6 Å². The molecule has 8 heteroatoms. The predicted octanol–water partition coefficient (Wildman–Crippen LogP) is 4.27. The number of nitrogens with one attached hydrogen (secondary N) is 1. The van der Waals surface area contributed by atoms with Gasteiger partial charge in [0.1, 0.15) is 11.6 Å². The molecule has 2 aromatic carbocycles. The Morgan fingerprint density at radius 2 is 1.71 bits per heavy atom. The third kappa shape index (κ3) is 4.81. The maximum absolute atomic E-state index is 13.3. The topological polar surface area (TPSA) is 116 Å². The molecule has 0 atom stereocenters. The normalized spacial score (nSPS) is 11.5. The van der Waals surface area contributed by atoms with Crippen molar-refractivity contribution in [1.82, 2.24) is 9.88 Å². The van der Waals surface area contributed by atoms with Crippen LogP contribution in [0.25, 0.3) is 10.8 Å². The lowest BCUT2D eigenvalue weighted by atomic mass is 9.84. The molecule has 0 bridgehead atoms. The van der Waals surface area contributed by atoms with Crippen molar-refractivity contribution >= 4 is 28.3 Å². The van der Waals surface area contributed by atoms with Gasteiger partial charge >= 0.3 is 0 Å². The number of aromatic hydroxyl groups is 1. The Hall–Kier alpha value is -3.68. The fourth-order valence-corrected chi connectivity index (χ4v) is 3.89. The number of nitrogen functional groups attached to an aromatic ring is 1. The van der Waals surface area contributed by atoms with E-state index in [0.29, 0.717) is 46.9 Å². The molecule has 0 aliphatic heterocycles. The Balaban J connectivity index is 2.04. The summed E-state index contributed by atoms with van der Waals surface area (Å²) in [6, 6.07) is 6.70. The standard InChI is InChI=1S/C26H33N3O5/c1-7-33-21-11-16-13-29(24(27)17(16)12-18(21)25(32)28-6)14-20(30)15-9-19(26(3,4)5)23(31)22(10-15)34-8-2/h9-13,31H,7-8,14,27H2,1-6H3,(H,28,32). The maximum Gasteiger partial charge on any atom is 0.254 e. The monoisotopic (exact) mass is 467 g/mol. The van der Waals surface area contributed by atoms with Gasteiger partial charge in [-0.2, -0.15) is 0 Å². The number of hydrogen-bond acceptors (Lipinski definition) is 6. The van der Waals surface area contributed by atoms with Crippen LogP contribution in [0.1, 0.15) is 60.9 Å². The second-order valence-electron chi connectivity index (χ2n) is 9.07. The quantitative estimate of drug-likeness (QED) is 0.426. The van der Waals surface area contributed by atoms with E-state index < -0.39 is 0 Å². The number of nitrogens with two attached hydrogens (primary N) is 1. The number of carbonyl (C=O) groups is 2. The van der Waals surface area contributed by atoms with E-state index in [-0.39, 0.29) is 35.1 Å². The third-order valence-corrected chi connectivity index (χ3v) is 5.62. The number of Topliss-reactive ketones (excluding diaryl/α,β-unsaturated/α-hetero) is 1. The number of fused-ring (bicyclic) bond motifs is 1. The van der Waals surface area contributed by atoms with Gasteiger partial charge in [-0.3, -0.25) is 9.59 Å². The Kier molecular flexibility index (Phi) is 7.09. The number of ketones is 1. The van der Waals surface area contributed by atoms with Gasteiger partial charge in [-0.25, -0.2) is 0 Å². The van der Waals surface area contributed by atoms with Gasteiger partial charge in [-0.1, -0.05) is 20.8 Å². The second kappa shape index (κ2) is 9.67. The van der Waals surface area contributed by atoms with Gasteiger partial charge in [0, 0.05) is 35.1 Å². The lowest BCUT2D eigenvalue weighted by Gasteiger charge is -2.23. The van der Waals surface area contributed by atoms with Gasteiger partial charge in [0.25, 0.3) is 5.91 Å². The number of hydrogen-bond donors (Lipinski definition) is 3. The van der Waals surface area contributed by atoms with E-state index in [4.69, 9.17) is 15.2 Å². The summed E-state index contributed by atoms with van der Waals surface area (Å²) in [5, 5.41) is 14.7. The number of amides is 1. The molecule has 0 aliphatic carbocycles. The van der Waals surface area contributed by atoms with Crippen LogP contribution < -0.4 is 20.5 Å². The number of carbonyl (C=O) groups excluding carboxylic acids is 2. The second-order valence-corrected chi connectivity index (χ2v) is 9.07. The van der Waals surface area contributed by atoms with Crippen LogP contribution in [0.15, 0.2) is 30.5 Å². The molecule has 4 N–H and O–H groups in total. The van der Waals surface area contributed by atoms with Crippen molar-refractivity contribution in [3.63, 3.8) is 0 Å². The molecule has 3 aromatic rings. The Morgan fingerprint density at radius 1 is 1.06 bits per heavy atom. The lowest BCUT2D eigenvalue weighted by molar-refractivity contribution is 0.0955. The minimum Gasteiger partial charge on any atom is -0.504 e. The zero-order valence-electron chi connectivity index (χ0n) is 20.6. The Morgan fingerprint density at radius 3 is 2.29 bits per heavy atom. The molecule has 8 nitrogen and oxygen atoms in total. The molecular weight excluding hydrogens is 434 g/mol. The highest BCUT2D eigenvalue weighted by atomic mass is 16.5. The van der Waals surface area contributed by atoms with Crippen molar-refractivity contribution in [3.8, 4) is 17.2 Å². The zero-order chi connectivity index (χ0) is 25.2. The van der Waals surface area contributed by atoms with Gasteiger partial charge in [0.05, 0.1) is 25.3 Å². The van der Waals surface area contributed by atoms with Crippen LogP contribution in [0.5, 0.6) is 17.2 Å². The van der Waals surface area contributed by atoms with Gasteiger partial charge in [0.2, 0.25) is 0 Å². The molecule has 34 heavy (non-hydrogen) atoms. The first-order valence-corrected chi connectivity index (χ1v) is 11.3. The summed E-state index contributed by atoms with van der Waals surface area (Å²) in [6.45, 7) is 10.3. The summed E-state index contributed by atoms with van der Waals surface area (Å²) in [5.41, 5.74) is 7.41. The average molecular weight is 468 g/mol. The molecule has 1 amide bonds. The van der Waals surface area contributed by atoms with E-state index in [2.05, 4.69) is 5.32 Å². The maximum atomic E-state index is 13.3. The fraction of sp³-hybridized carbons (Fsp3) is 0.385. The minimum absolute atomic E-state index is 0.0142. The minimum atomic E-state index is -0.390. The highest BCUT2D eigenvalue weighted by Crippen LogP contribution is 2.39. The summed E-state index contributed by atoms with van der Waals surface area (Å²) < 4.78 is 12.9. The number of nitrogens with zero attached hydrogens (tertiary/aromatic N) is 1. The number of anilines is 1. The van der Waals surface area contributed by atoms with Crippen molar-refractivity contribution in [2.75, 3.05) is 26.0 Å². The summed E-state index contributed by atoms with van der Waals surface area (Å²) >= 11 is 0. The zero-order valence-corrected chi connectivity index (χ0v) is 20.6. The highest BCUT2D eigenvalue weighted by molar-refractivity contribution is 6.05. The molecule has 3 rings (SSSR count). The van der Waals surface area contributed by atoms with Gasteiger partial charge in [-0.05, 0) is 43.5 Å². The number of phenols is 1. The lowest BCUT2D eigenvalue weighted by Crippen LogP contribution is -2.19. The first-order valence-electron chi connectivity index (χ1n) is 11.3. The van der Waals surface area contributed by atoms with Crippen LogP contribution in [0.4, 0.5) is 5.82 Å². The smallest absolute Gasteiger partial charge is 0.254 e. The molecule has 1 heterocycles. The van der Waals surface area contributed by atoms with Gasteiger partial charge in [-0.15, -0.1) is 0 Å². The van der Waals surface area contributed by atoms with Gasteiger partial charge < -0.3 is 30.2 Å². The van der Waals surface area contributed by atoms with E-state index in [1.807, 2.05) is 34.6 Å². The summed E-state index contributed by atoms with van der Waals surface area (Å²) in [7, 11) is 1.55. The van der Waals surface area contributed by atoms with E-state index in [1.165, 1.54) is 0 Å². The van der Waals surface area contributed by atoms with Crippen LogP contribution in [0, 0.1) is 0 Å². The summed E-state index contributed by atoms with van der Waals surface area (Å²) in [4.78, 5) is 25.6. The SMILES string of the molecule is CCOc1cc2cn(CC(=O)c3cc(OCC)c(O)c(C(C)(C)C)c3)c(N)c2cc1C(=O)NC. The molecule has 182 valence electrons. The molecule has 0 aliphatic rings. The summed E-state index contributed by atoms with van der Waals surface area (Å²) in [6.07, 6.45) is 1.77. The number of phenolic OH excluding ortho intramolecular Hbond substituents is 1. The van der Waals surface area contributed by atoms with Crippen LogP contribution in [0.3, 0.4) is 0 Å². The van der Waals surface area contributed by atoms with E-state index in [1.54, 1.807) is 42.1 Å². The number of rotatable bonds is 8. The first-order chi connectivity index (χ1) is 16.0. The Labute approximate surface area is 199 Å². The molecule has 0 radical (unpaired) electrons. The van der Waals surface area contributed by atoms with Crippen molar-refractivity contribution in [1.29, 1.82) is 0 Å². The van der Waals surface area contributed by atoms with Crippen molar-refractivity contribution < 1.29 is 24.2 Å². The molecule has 0 saturated heterocycles. The van der Waals surface area contributed by atoms with Gasteiger partial charge in [0.15, 0.2) is 17.3 Å². The van der Waals surface area contributed by atoms with E-state index in [0.717, 1.165) is 5.39 Å². The van der Waals surface area contributed by atoms with Crippen LogP contribution in [-0.2, 0) is 12.0 Å². The van der Waals surface area contributed by atoms with Crippen LogP contribution >= 0.6 is 0 Å². The highest BCUT2D eigenvalue weighted by Gasteiger charge is 2.24. The molecular formula is C26H33N3O5. The van der Waals surface area contributed by atoms with Crippen molar-refractivity contribution in [2.24, 2.45) is 0 Å². The Bertz CT molecular complexity index is 1240. The number of ether oxygens (including phenoxy) is 2. The molecule has 0 saturated carbocycles. The van der Waals surface area contributed by atoms with Crippen LogP contribution in [-0.4, -0.2) is 41.6 Å². The molecule has 1 aromatic heterocycles. The van der Waals surface area contributed by atoms with Crippen molar-refractivity contribution in [3.05, 3.63) is 47.2 Å². The number of benzene rings is 2. The number of aromatic nitrogens is 1. The fourth-order valence-electron chi connectivity index (χ4n) is 3.89. The molecule has 0 spiro atoms.